The lowest BCUT2D eigenvalue weighted by molar-refractivity contribution is 0.142. The number of carbonyl (C=O) groups is 1. The van der Waals surface area contributed by atoms with E-state index in [1.165, 1.54) is 0 Å². The van der Waals surface area contributed by atoms with Crippen LogP contribution >= 0.6 is 11.6 Å². The molecule has 2 atom stereocenters. The van der Waals surface area contributed by atoms with Crippen molar-refractivity contribution in [3.63, 3.8) is 0 Å². The summed E-state index contributed by atoms with van der Waals surface area (Å²) >= 11 is 6.09. The number of hydrogen-bond acceptors (Lipinski definition) is 2. The van der Waals surface area contributed by atoms with E-state index in [1.807, 2.05) is 48.5 Å². The Morgan fingerprint density at radius 1 is 1.17 bits per heavy atom. The Labute approximate surface area is 140 Å². The van der Waals surface area contributed by atoms with Crippen molar-refractivity contribution in [2.75, 3.05) is 6.54 Å². The highest BCUT2D eigenvalue weighted by atomic mass is 35.5. The smallest absolute Gasteiger partial charge is 0.315 e. The Kier molecular flexibility index (Phi) is 4.84. The summed E-state index contributed by atoms with van der Waals surface area (Å²) in [6.07, 6.45) is 0.652. The summed E-state index contributed by atoms with van der Waals surface area (Å²) in [5, 5.41) is 16.5. The van der Waals surface area contributed by atoms with Gasteiger partial charge in [-0.15, -0.1) is 0 Å². The molecule has 0 heterocycles. The first-order valence-electron chi connectivity index (χ1n) is 7.69. The largest absolute Gasteiger partial charge is 0.390 e. The van der Waals surface area contributed by atoms with Crippen molar-refractivity contribution in [2.45, 2.75) is 25.0 Å². The lowest BCUT2D eigenvalue weighted by atomic mass is 10.1. The minimum Gasteiger partial charge on any atom is -0.390 e. The number of amides is 2. The van der Waals surface area contributed by atoms with Crippen molar-refractivity contribution in [1.82, 2.24) is 10.6 Å². The van der Waals surface area contributed by atoms with Gasteiger partial charge in [-0.1, -0.05) is 54.1 Å². The Morgan fingerprint density at radius 2 is 1.91 bits per heavy atom. The van der Waals surface area contributed by atoms with Crippen molar-refractivity contribution in [2.24, 2.45) is 0 Å². The number of halogens is 1. The lowest BCUT2D eigenvalue weighted by Crippen LogP contribution is -2.41. The van der Waals surface area contributed by atoms with E-state index in [2.05, 4.69) is 10.6 Å². The van der Waals surface area contributed by atoms with E-state index in [-0.39, 0.29) is 12.1 Å². The van der Waals surface area contributed by atoms with Gasteiger partial charge in [-0.2, -0.15) is 0 Å². The van der Waals surface area contributed by atoms with Gasteiger partial charge in [0.1, 0.15) is 0 Å². The zero-order valence-electron chi connectivity index (χ0n) is 12.6. The minimum absolute atomic E-state index is 0.280. The number of hydrogen-bond donors (Lipinski definition) is 3. The fraction of sp³-hybridized carbons (Fsp3) is 0.278. The van der Waals surface area contributed by atoms with Gasteiger partial charge in [0.2, 0.25) is 0 Å². The van der Waals surface area contributed by atoms with Crippen LogP contribution in [0, 0.1) is 0 Å². The molecule has 0 saturated heterocycles. The number of carbonyl (C=O) groups excluding carboxylic acids is 1. The van der Waals surface area contributed by atoms with Crippen LogP contribution in [0.2, 0.25) is 5.02 Å². The quantitative estimate of drug-likeness (QED) is 0.807. The van der Waals surface area contributed by atoms with Crippen LogP contribution in [-0.2, 0) is 12.8 Å². The predicted octanol–water partition coefficient (Wildman–Crippen LogP) is 2.84. The molecule has 0 aromatic heterocycles. The van der Waals surface area contributed by atoms with E-state index in [9.17, 15) is 9.90 Å². The van der Waals surface area contributed by atoms with Crippen molar-refractivity contribution >= 4 is 17.6 Å². The van der Waals surface area contributed by atoms with Gasteiger partial charge in [-0.25, -0.2) is 4.79 Å². The second-order valence-electron chi connectivity index (χ2n) is 5.69. The molecule has 0 fully saturated rings. The molecule has 0 spiro atoms. The second-order valence-corrected chi connectivity index (χ2v) is 6.10. The molecule has 3 rings (SSSR count). The number of rotatable bonds is 4. The van der Waals surface area contributed by atoms with Crippen molar-refractivity contribution in [1.29, 1.82) is 0 Å². The predicted molar refractivity (Wildman–Crippen MR) is 90.6 cm³/mol. The topological polar surface area (TPSA) is 61.4 Å². The highest BCUT2D eigenvalue weighted by molar-refractivity contribution is 6.31. The average Bonchev–Trinajstić information content (AvgIpc) is 2.85. The first-order valence-corrected chi connectivity index (χ1v) is 8.06. The third kappa shape index (κ3) is 3.66. The molecule has 0 aliphatic heterocycles. The summed E-state index contributed by atoms with van der Waals surface area (Å²) in [5.74, 6) is 0. The van der Waals surface area contributed by atoms with E-state index >= 15 is 0 Å². The number of urea groups is 1. The summed E-state index contributed by atoms with van der Waals surface area (Å²) in [6.45, 7) is 0.486. The van der Waals surface area contributed by atoms with E-state index in [0.717, 1.165) is 16.7 Å². The van der Waals surface area contributed by atoms with Gasteiger partial charge in [0.05, 0.1) is 12.1 Å². The number of fused-ring (bicyclic) bond motifs is 1. The van der Waals surface area contributed by atoms with Crippen LogP contribution in [0.1, 0.15) is 22.7 Å². The normalized spacial score (nSPS) is 19.2. The molecule has 5 heteroatoms. The molecule has 23 heavy (non-hydrogen) atoms. The summed E-state index contributed by atoms with van der Waals surface area (Å²) in [6, 6.07) is 14.7. The molecule has 2 aromatic carbocycles. The fourth-order valence-electron chi connectivity index (χ4n) is 2.95. The average molecular weight is 331 g/mol. The van der Waals surface area contributed by atoms with E-state index in [1.54, 1.807) is 0 Å². The zero-order chi connectivity index (χ0) is 16.2. The third-order valence-corrected chi connectivity index (χ3v) is 4.50. The Balaban J connectivity index is 1.53. The zero-order valence-corrected chi connectivity index (χ0v) is 13.4. The monoisotopic (exact) mass is 330 g/mol. The maximum atomic E-state index is 12.1. The van der Waals surface area contributed by atoms with Crippen LogP contribution in [0.3, 0.4) is 0 Å². The van der Waals surface area contributed by atoms with E-state index in [4.69, 9.17) is 11.6 Å². The van der Waals surface area contributed by atoms with Gasteiger partial charge in [0, 0.05) is 18.0 Å². The fourth-order valence-corrected chi connectivity index (χ4v) is 3.18. The number of benzene rings is 2. The molecule has 4 nitrogen and oxygen atoms in total. The maximum Gasteiger partial charge on any atom is 0.315 e. The van der Waals surface area contributed by atoms with Crippen molar-refractivity contribution in [3.8, 4) is 0 Å². The van der Waals surface area contributed by atoms with Crippen LogP contribution in [0.5, 0.6) is 0 Å². The molecular weight excluding hydrogens is 312 g/mol. The van der Waals surface area contributed by atoms with Crippen LogP contribution in [0.15, 0.2) is 48.5 Å². The summed E-state index contributed by atoms with van der Waals surface area (Å²) < 4.78 is 0. The molecular formula is C18H19ClN2O2. The molecule has 120 valence electrons. The van der Waals surface area contributed by atoms with Crippen LogP contribution < -0.4 is 10.6 Å². The molecule has 0 bridgehead atoms. The molecule has 0 saturated carbocycles. The van der Waals surface area contributed by atoms with Crippen LogP contribution in [0.4, 0.5) is 4.79 Å². The number of aliphatic hydroxyl groups is 1. The lowest BCUT2D eigenvalue weighted by Gasteiger charge is -2.18. The molecule has 0 unspecified atom stereocenters. The highest BCUT2D eigenvalue weighted by Crippen LogP contribution is 2.31. The van der Waals surface area contributed by atoms with Crippen LogP contribution in [-0.4, -0.2) is 23.8 Å². The van der Waals surface area contributed by atoms with Gasteiger partial charge in [0.25, 0.3) is 0 Å². The van der Waals surface area contributed by atoms with Gasteiger partial charge in [-0.3, -0.25) is 0 Å². The standard InChI is InChI=1S/C18H19ClN2O2/c19-15-8-4-2-5-12(15)9-10-20-18(23)21-17-14-7-3-1-6-13(14)11-16(17)22/h1-8,16-17,22H,9-11H2,(H2,20,21,23)/t16-,17+/m0/s1. The number of nitrogens with one attached hydrogen (secondary N) is 2. The van der Waals surface area contributed by atoms with E-state index < -0.39 is 6.10 Å². The molecule has 1 aliphatic carbocycles. The summed E-state index contributed by atoms with van der Waals surface area (Å²) in [4.78, 5) is 12.1. The molecule has 3 N–H and O–H groups in total. The van der Waals surface area contributed by atoms with Gasteiger partial charge in [0.15, 0.2) is 0 Å². The van der Waals surface area contributed by atoms with Crippen LogP contribution in [0.25, 0.3) is 0 Å². The molecule has 2 amide bonds. The Morgan fingerprint density at radius 3 is 2.74 bits per heavy atom. The maximum absolute atomic E-state index is 12.1. The third-order valence-electron chi connectivity index (χ3n) is 4.13. The van der Waals surface area contributed by atoms with Crippen molar-refractivity contribution < 1.29 is 9.90 Å². The molecule has 0 radical (unpaired) electrons. The highest BCUT2D eigenvalue weighted by Gasteiger charge is 2.31. The Bertz CT molecular complexity index is 705. The minimum atomic E-state index is -0.582. The summed E-state index contributed by atoms with van der Waals surface area (Å²) in [7, 11) is 0. The van der Waals surface area contributed by atoms with E-state index in [0.29, 0.717) is 24.4 Å². The Hall–Kier alpha value is -2.04. The first-order chi connectivity index (χ1) is 11.1. The SMILES string of the molecule is O=C(NCCc1ccccc1Cl)N[C@@H]1c2ccccc2C[C@@H]1O. The first kappa shape index (κ1) is 15.8. The molecule has 1 aliphatic rings. The number of aliphatic hydroxyl groups excluding tert-OH is 1. The second kappa shape index (κ2) is 7.02. The van der Waals surface area contributed by atoms with Gasteiger partial charge >= 0.3 is 6.03 Å². The van der Waals surface area contributed by atoms with Gasteiger partial charge in [-0.05, 0) is 29.2 Å². The summed E-state index contributed by atoms with van der Waals surface area (Å²) in [5.41, 5.74) is 3.07. The van der Waals surface area contributed by atoms with Gasteiger partial charge < -0.3 is 15.7 Å². The molecule has 2 aromatic rings. The van der Waals surface area contributed by atoms with Crippen molar-refractivity contribution in [3.05, 3.63) is 70.2 Å².